The first kappa shape index (κ1) is 13.8. The molecule has 0 bridgehead atoms. The van der Waals surface area contributed by atoms with Gasteiger partial charge in [-0.2, -0.15) is 0 Å². The average molecular weight is 290 g/mol. The summed E-state index contributed by atoms with van der Waals surface area (Å²) < 4.78 is 0. The standard InChI is InChI=1S/C15H22N4S/c1-11(2)19-7-4-12(5-8-19)18(3)14-13-6-9-20-15(13)17-10-16-14/h6,9-12H,4-5,7-8H2,1-3H3. The minimum absolute atomic E-state index is 0.586. The van der Waals surface area contributed by atoms with Gasteiger partial charge in [-0.25, -0.2) is 9.97 Å². The Morgan fingerprint density at radius 2 is 2.05 bits per heavy atom. The molecule has 0 spiro atoms. The highest BCUT2D eigenvalue weighted by molar-refractivity contribution is 7.16. The lowest BCUT2D eigenvalue weighted by molar-refractivity contribution is 0.171. The molecule has 1 aliphatic heterocycles. The van der Waals surface area contributed by atoms with Crippen molar-refractivity contribution in [3.8, 4) is 0 Å². The van der Waals surface area contributed by atoms with Crippen LogP contribution in [0.15, 0.2) is 17.8 Å². The lowest BCUT2D eigenvalue weighted by Crippen LogP contribution is -2.46. The first-order chi connectivity index (χ1) is 9.66. The summed E-state index contributed by atoms with van der Waals surface area (Å²) in [7, 11) is 2.18. The van der Waals surface area contributed by atoms with Gasteiger partial charge in [0.1, 0.15) is 17.0 Å². The summed E-state index contributed by atoms with van der Waals surface area (Å²) in [6.45, 7) is 6.93. The summed E-state index contributed by atoms with van der Waals surface area (Å²) in [5, 5.41) is 3.28. The Balaban J connectivity index is 1.76. The first-order valence-corrected chi connectivity index (χ1v) is 8.20. The molecule has 0 saturated carbocycles. The van der Waals surface area contributed by atoms with Gasteiger partial charge in [-0.1, -0.05) is 0 Å². The van der Waals surface area contributed by atoms with E-state index in [4.69, 9.17) is 0 Å². The van der Waals surface area contributed by atoms with Crippen molar-refractivity contribution in [1.29, 1.82) is 0 Å². The lowest BCUT2D eigenvalue weighted by atomic mass is 10.0. The average Bonchev–Trinajstić information content (AvgIpc) is 2.95. The number of hydrogen-bond donors (Lipinski definition) is 0. The van der Waals surface area contributed by atoms with E-state index in [0.29, 0.717) is 12.1 Å². The second-order valence-corrected chi connectivity index (χ2v) is 6.70. The van der Waals surface area contributed by atoms with Gasteiger partial charge in [0.2, 0.25) is 0 Å². The zero-order valence-corrected chi connectivity index (χ0v) is 13.2. The van der Waals surface area contributed by atoms with Crippen LogP contribution in [-0.2, 0) is 0 Å². The largest absolute Gasteiger partial charge is 0.356 e. The maximum absolute atomic E-state index is 4.52. The van der Waals surface area contributed by atoms with Gasteiger partial charge >= 0.3 is 0 Å². The number of aromatic nitrogens is 2. The van der Waals surface area contributed by atoms with Crippen molar-refractivity contribution >= 4 is 27.4 Å². The molecule has 20 heavy (non-hydrogen) atoms. The number of piperidine rings is 1. The molecule has 4 nitrogen and oxygen atoms in total. The minimum atomic E-state index is 0.586. The summed E-state index contributed by atoms with van der Waals surface area (Å²) in [5.41, 5.74) is 0. The van der Waals surface area contributed by atoms with Crippen molar-refractivity contribution < 1.29 is 0 Å². The zero-order chi connectivity index (χ0) is 14.1. The molecule has 2 aromatic heterocycles. The minimum Gasteiger partial charge on any atom is -0.356 e. The maximum atomic E-state index is 4.52. The molecule has 0 amide bonds. The monoisotopic (exact) mass is 290 g/mol. The number of likely N-dealkylation sites (tertiary alicyclic amines) is 1. The Labute approximate surface area is 124 Å². The topological polar surface area (TPSA) is 32.3 Å². The van der Waals surface area contributed by atoms with Crippen LogP contribution in [0.4, 0.5) is 5.82 Å². The normalized spacial score (nSPS) is 18.0. The predicted octanol–water partition coefficient (Wildman–Crippen LogP) is 3.00. The van der Waals surface area contributed by atoms with Crippen LogP contribution >= 0.6 is 11.3 Å². The molecule has 2 aromatic rings. The molecule has 1 saturated heterocycles. The van der Waals surface area contributed by atoms with E-state index < -0.39 is 0 Å². The highest BCUT2D eigenvalue weighted by atomic mass is 32.1. The van der Waals surface area contributed by atoms with Gasteiger partial charge in [0, 0.05) is 32.2 Å². The summed E-state index contributed by atoms with van der Waals surface area (Å²) in [4.78, 5) is 14.9. The van der Waals surface area contributed by atoms with Crippen molar-refractivity contribution in [2.45, 2.75) is 38.8 Å². The fourth-order valence-electron chi connectivity index (χ4n) is 3.02. The van der Waals surface area contributed by atoms with Crippen LogP contribution in [0, 0.1) is 0 Å². The van der Waals surface area contributed by atoms with E-state index in [1.807, 2.05) is 0 Å². The van der Waals surface area contributed by atoms with E-state index >= 15 is 0 Å². The van der Waals surface area contributed by atoms with E-state index in [1.54, 1.807) is 17.7 Å². The van der Waals surface area contributed by atoms with Crippen LogP contribution < -0.4 is 4.90 Å². The second-order valence-electron chi connectivity index (χ2n) is 5.81. The van der Waals surface area contributed by atoms with Crippen LogP contribution in [0.25, 0.3) is 10.2 Å². The fraction of sp³-hybridized carbons (Fsp3) is 0.600. The third kappa shape index (κ3) is 2.52. The van der Waals surface area contributed by atoms with E-state index in [1.165, 1.54) is 31.3 Å². The zero-order valence-electron chi connectivity index (χ0n) is 12.4. The SMILES string of the molecule is CC(C)N1CCC(N(C)c2ncnc3sccc23)CC1. The van der Waals surface area contributed by atoms with Gasteiger partial charge in [0.05, 0.1) is 5.39 Å². The molecule has 3 rings (SSSR count). The lowest BCUT2D eigenvalue weighted by Gasteiger charge is -2.39. The van der Waals surface area contributed by atoms with Crippen LogP contribution in [0.3, 0.4) is 0 Å². The molecular formula is C15H22N4S. The van der Waals surface area contributed by atoms with Gasteiger partial charge in [-0.05, 0) is 38.1 Å². The Hall–Kier alpha value is -1.20. The summed E-state index contributed by atoms with van der Waals surface area (Å²) in [6, 6.07) is 3.38. The van der Waals surface area contributed by atoms with Crippen LogP contribution in [0.5, 0.6) is 0 Å². The predicted molar refractivity (Wildman–Crippen MR) is 85.5 cm³/mol. The van der Waals surface area contributed by atoms with Crippen LogP contribution in [-0.4, -0.2) is 47.1 Å². The number of anilines is 1. The molecule has 0 N–H and O–H groups in total. The van der Waals surface area contributed by atoms with Gasteiger partial charge in [-0.3, -0.25) is 0 Å². The Kier molecular flexibility index (Phi) is 3.89. The molecule has 0 radical (unpaired) electrons. The molecule has 1 aliphatic rings. The third-order valence-corrected chi connectivity index (χ3v) is 5.17. The number of rotatable bonds is 3. The Bertz CT molecular complexity index is 572. The van der Waals surface area contributed by atoms with E-state index in [-0.39, 0.29) is 0 Å². The van der Waals surface area contributed by atoms with Gasteiger partial charge < -0.3 is 9.80 Å². The highest BCUT2D eigenvalue weighted by Gasteiger charge is 2.25. The van der Waals surface area contributed by atoms with Crippen molar-refractivity contribution in [1.82, 2.24) is 14.9 Å². The molecule has 3 heterocycles. The van der Waals surface area contributed by atoms with Crippen molar-refractivity contribution in [2.75, 3.05) is 25.0 Å². The second kappa shape index (κ2) is 5.66. The summed E-state index contributed by atoms with van der Waals surface area (Å²) in [5.74, 6) is 1.08. The smallest absolute Gasteiger partial charge is 0.140 e. The first-order valence-electron chi connectivity index (χ1n) is 7.32. The fourth-order valence-corrected chi connectivity index (χ4v) is 3.75. The number of fused-ring (bicyclic) bond motifs is 1. The number of hydrogen-bond acceptors (Lipinski definition) is 5. The van der Waals surface area contributed by atoms with Gasteiger partial charge in [0.25, 0.3) is 0 Å². The molecule has 1 fully saturated rings. The Morgan fingerprint density at radius 3 is 2.75 bits per heavy atom. The number of thiophene rings is 1. The van der Waals surface area contributed by atoms with E-state index in [0.717, 1.165) is 10.6 Å². The van der Waals surface area contributed by atoms with Crippen molar-refractivity contribution in [2.24, 2.45) is 0 Å². The quantitative estimate of drug-likeness (QED) is 0.870. The van der Waals surface area contributed by atoms with Crippen molar-refractivity contribution in [3.05, 3.63) is 17.8 Å². The molecule has 5 heteroatoms. The molecule has 0 aliphatic carbocycles. The van der Waals surface area contributed by atoms with Crippen LogP contribution in [0.1, 0.15) is 26.7 Å². The van der Waals surface area contributed by atoms with E-state index in [9.17, 15) is 0 Å². The van der Waals surface area contributed by atoms with E-state index in [2.05, 4.69) is 52.1 Å². The molecular weight excluding hydrogens is 268 g/mol. The van der Waals surface area contributed by atoms with Gasteiger partial charge in [-0.15, -0.1) is 11.3 Å². The molecule has 0 unspecified atom stereocenters. The van der Waals surface area contributed by atoms with Crippen LogP contribution in [0.2, 0.25) is 0 Å². The van der Waals surface area contributed by atoms with Gasteiger partial charge in [0.15, 0.2) is 0 Å². The molecule has 0 aromatic carbocycles. The third-order valence-electron chi connectivity index (χ3n) is 4.35. The summed E-state index contributed by atoms with van der Waals surface area (Å²) in [6.07, 6.45) is 4.11. The summed E-state index contributed by atoms with van der Waals surface area (Å²) >= 11 is 1.68. The maximum Gasteiger partial charge on any atom is 0.140 e. The molecule has 0 atom stereocenters. The molecule has 108 valence electrons. The highest BCUT2D eigenvalue weighted by Crippen LogP contribution is 2.29. The number of nitrogens with zero attached hydrogens (tertiary/aromatic N) is 4. The Morgan fingerprint density at radius 1 is 1.30 bits per heavy atom. The van der Waals surface area contributed by atoms with Crippen molar-refractivity contribution in [3.63, 3.8) is 0 Å².